The second-order valence-electron chi connectivity index (χ2n) is 8.22. The van der Waals surface area contributed by atoms with Gasteiger partial charge in [-0.05, 0) is 43.2 Å². The van der Waals surface area contributed by atoms with E-state index in [1.807, 2.05) is 51.2 Å². The van der Waals surface area contributed by atoms with Crippen LogP contribution in [0.25, 0.3) is 11.0 Å². The molecular formula is C24H31N5O4. The van der Waals surface area contributed by atoms with E-state index in [2.05, 4.69) is 20.3 Å². The molecule has 33 heavy (non-hydrogen) atoms. The Bertz CT molecular complexity index is 1110. The fourth-order valence-electron chi connectivity index (χ4n) is 3.90. The molecule has 4 rings (SSSR count). The van der Waals surface area contributed by atoms with Gasteiger partial charge in [0.2, 0.25) is 5.88 Å². The summed E-state index contributed by atoms with van der Waals surface area (Å²) < 4.78 is 18.6. The molecule has 1 saturated heterocycles. The lowest BCUT2D eigenvalue weighted by atomic mass is 10.2. The third-order valence-electron chi connectivity index (χ3n) is 5.59. The number of rotatable bonds is 9. The fourth-order valence-corrected chi connectivity index (χ4v) is 3.90. The Labute approximate surface area is 193 Å². The van der Waals surface area contributed by atoms with Crippen LogP contribution in [0.2, 0.25) is 0 Å². The van der Waals surface area contributed by atoms with E-state index < -0.39 is 0 Å². The minimum Gasteiger partial charge on any atom is -0.492 e. The largest absolute Gasteiger partial charge is 0.492 e. The van der Waals surface area contributed by atoms with Gasteiger partial charge in [-0.3, -0.25) is 9.69 Å². The third kappa shape index (κ3) is 6.00. The number of aryl methyl sites for hydroxylation is 3. The summed E-state index contributed by atoms with van der Waals surface area (Å²) in [5.41, 5.74) is 3.64. The molecule has 0 aliphatic carbocycles. The zero-order valence-electron chi connectivity index (χ0n) is 19.5. The van der Waals surface area contributed by atoms with Crippen molar-refractivity contribution in [2.24, 2.45) is 7.05 Å². The zero-order chi connectivity index (χ0) is 23.2. The molecule has 3 heterocycles. The standard InChI is InChI=1S/C24H31N5O4/c1-17-13-18(2)26-23-22(17)24(27-28(23)3)33-16-21(30)25-15-19-5-4-6-20(14-19)32-12-9-29-7-10-31-11-8-29/h4-6,13-14H,7-12,15-16H2,1-3H3,(H,25,30). The monoisotopic (exact) mass is 453 g/mol. The average molecular weight is 454 g/mol. The molecule has 0 spiro atoms. The highest BCUT2D eigenvalue weighted by atomic mass is 16.5. The maximum atomic E-state index is 12.4. The SMILES string of the molecule is Cc1cc(C)c2c(OCC(=O)NCc3cccc(OCCN4CCOCC4)c3)nn(C)c2n1. The van der Waals surface area contributed by atoms with E-state index in [4.69, 9.17) is 14.2 Å². The first-order chi connectivity index (χ1) is 16.0. The van der Waals surface area contributed by atoms with Gasteiger partial charge in [0.15, 0.2) is 12.3 Å². The third-order valence-corrected chi connectivity index (χ3v) is 5.59. The molecule has 176 valence electrons. The molecule has 9 nitrogen and oxygen atoms in total. The van der Waals surface area contributed by atoms with Gasteiger partial charge in [0, 0.05) is 38.9 Å². The molecule has 9 heteroatoms. The van der Waals surface area contributed by atoms with Gasteiger partial charge in [0.1, 0.15) is 12.4 Å². The number of benzene rings is 1. The highest BCUT2D eigenvalue weighted by Gasteiger charge is 2.15. The number of hydrogen-bond donors (Lipinski definition) is 1. The molecule has 3 aromatic rings. The van der Waals surface area contributed by atoms with Crippen molar-refractivity contribution in [1.82, 2.24) is 25.0 Å². The summed E-state index contributed by atoms with van der Waals surface area (Å²) in [4.78, 5) is 19.2. The van der Waals surface area contributed by atoms with E-state index in [1.165, 1.54) is 0 Å². The molecule has 0 atom stereocenters. The van der Waals surface area contributed by atoms with Crippen molar-refractivity contribution in [2.45, 2.75) is 20.4 Å². The molecule has 1 aromatic carbocycles. The van der Waals surface area contributed by atoms with Crippen molar-refractivity contribution >= 4 is 16.9 Å². The van der Waals surface area contributed by atoms with Crippen molar-refractivity contribution in [1.29, 1.82) is 0 Å². The smallest absolute Gasteiger partial charge is 0.258 e. The number of aromatic nitrogens is 3. The molecule has 1 fully saturated rings. The topological polar surface area (TPSA) is 90.7 Å². The van der Waals surface area contributed by atoms with E-state index in [1.54, 1.807) is 4.68 Å². The van der Waals surface area contributed by atoms with Crippen LogP contribution in [-0.4, -0.2) is 71.6 Å². The van der Waals surface area contributed by atoms with Crippen LogP contribution >= 0.6 is 0 Å². The van der Waals surface area contributed by atoms with E-state index in [9.17, 15) is 4.79 Å². The molecule has 1 aliphatic heterocycles. The predicted molar refractivity (Wildman–Crippen MR) is 125 cm³/mol. The van der Waals surface area contributed by atoms with Gasteiger partial charge in [0.05, 0.1) is 18.6 Å². The summed E-state index contributed by atoms with van der Waals surface area (Å²) in [7, 11) is 1.82. The number of nitrogens with one attached hydrogen (secondary N) is 1. The van der Waals surface area contributed by atoms with Crippen LogP contribution in [0.1, 0.15) is 16.8 Å². The summed E-state index contributed by atoms with van der Waals surface area (Å²) >= 11 is 0. The Morgan fingerprint density at radius 2 is 2.00 bits per heavy atom. The van der Waals surface area contributed by atoms with Crippen LogP contribution in [0.4, 0.5) is 0 Å². The van der Waals surface area contributed by atoms with Crippen LogP contribution in [0.3, 0.4) is 0 Å². The van der Waals surface area contributed by atoms with E-state index >= 15 is 0 Å². The number of carbonyl (C=O) groups is 1. The number of carbonyl (C=O) groups excluding carboxylic acids is 1. The minimum absolute atomic E-state index is 0.116. The molecule has 0 saturated carbocycles. The summed E-state index contributed by atoms with van der Waals surface area (Å²) in [5, 5.41) is 8.10. The van der Waals surface area contributed by atoms with E-state index in [0.29, 0.717) is 19.0 Å². The second kappa shape index (κ2) is 10.6. The van der Waals surface area contributed by atoms with Gasteiger partial charge in [-0.15, -0.1) is 5.10 Å². The summed E-state index contributed by atoms with van der Waals surface area (Å²) in [6, 6.07) is 9.74. The maximum absolute atomic E-state index is 12.4. The Kier molecular flexibility index (Phi) is 7.41. The lowest BCUT2D eigenvalue weighted by molar-refractivity contribution is -0.123. The first-order valence-electron chi connectivity index (χ1n) is 11.2. The van der Waals surface area contributed by atoms with Crippen LogP contribution in [0, 0.1) is 13.8 Å². The molecule has 1 N–H and O–H groups in total. The minimum atomic E-state index is -0.217. The van der Waals surface area contributed by atoms with Gasteiger partial charge in [-0.2, -0.15) is 0 Å². The molecule has 0 bridgehead atoms. The van der Waals surface area contributed by atoms with E-state index in [0.717, 1.165) is 66.5 Å². The predicted octanol–water partition coefficient (Wildman–Crippen LogP) is 1.99. The number of ether oxygens (including phenoxy) is 3. The van der Waals surface area contributed by atoms with E-state index in [-0.39, 0.29) is 12.5 Å². The first-order valence-corrected chi connectivity index (χ1v) is 11.2. The van der Waals surface area contributed by atoms with Gasteiger partial charge in [0.25, 0.3) is 5.91 Å². The lowest BCUT2D eigenvalue weighted by Crippen LogP contribution is -2.38. The number of hydrogen-bond acceptors (Lipinski definition) is 7. The number of amides is 1. The van der Waals surface area contributed by atoms with Crippen molar-refractivity contribution < 1.29 is 19.0 Å². The Morgan fingerprint density at radius 3 is 2.82 bits per heavy atom. The van der Waals surface area contributed by atoms with Gasteiger partial charge >= 0.3 is 0 Å². The Hall–Kier alpha value is -3.17. The normalized spacial score (nSPS) is 14.4. The molecule has 1 aliphatic rings. The zero-order valence-corrected chi connectivity index (χ0v) is 19.5. The number of fused-ring (bicyclic) bond motifs is 1. The van der Waals surface area contributed by atoms with Crippen LogP contribution < -0.4 is 14.8 Å². The van der Waals surface area contributed by atoms with Gasteiger partial charge in [-0.25, -0.2) is 9.67 Å². The molecule has 0 radical (unpaired) electrons. The fraction of sp³-hybridized carbons (Fsp3) is 0.458. The quantitative estimate of drug-likeness (QED) is 0.530. The van der Waals surface area contributed by atoms with Crippen LogP contribution in [-0.2, 0) is 23.1 Å². The molecular weight excluding hydrogens is 422 g/mol. The molecule has 2 aromatic heterocycles. The van der Waals surface area contributed by atoms with Gasteiger partial charge < -0.3 is 19.5 Å². The Morgan fingerprint density at radius 1 is 1.18 bits per heavy atom. The van der Waals surface area contributed by atoms with Gasteiger partial charge in [-0.1, -0.05) is 12.1 Å². The Balaban J connectivity index is 1.25. The molecule has 1 amide bonds. The van der Waals surface area contributed by atoms with Crippen molar-refractivity contribution in [3.8, 4) is 11.6 Å². The van der Waals surface area contributed by atoms with Crippen LogP contribution in [0.5, 0.6) is 11.6 Å². The second-order valence-corrected chi connectivity index (χ2v) is 8.22. The highest BCUT2D eigenvalue weighted by molar-refractivity contribution is 5.85. The maximum Gasteiger partial charge on any atom is 0.258 e. The number of morpholine rings is 1. The number of nitrogens with zero attached hydrogens (tertiary/aromatic N) is 4. The average Bonchev–Trinajstić information content (AvgIpc) is 3.13. The van der Waals surface area contributed by atoms with Crippen molar-refractivity contribution in [3.05, 3.63) is 47.2 Å². The van der Waals surface area contributed by atoms with Crippen LogP contribution in [0.15, 0.2) is 30.3 Å². The lowest BCUT2D eigenvalue weighted by Gasteiger charge is -2.26. The molecule has 0 unspecified atom stereocenters. The first kappa shape index (κ1) is 23.0. The van der Waals surface area contributed by atoms with Crippen molar-refractivity contribution in [2.75, 3.05) is 46.1 Å². The highest BCUT2D eigenvalue weighted by Crippen LogP contribution is 2.27. The number of pyridine rings is 1. The summed E-state index contributed by atoms with van der Waals surface area (Å²) in [6.07, 6.45) is 0. The summed E-state index contributed by atoms with van der Waals surface area (Å²) in [6.45, 7) is 9.16. The summed E-state index contributed by atoms with van der Waals surface area (Å²) in [5.74, 6) is 0.998. The van der Waals surface area contributed by atoms with Crippen molar-refractivity contribution in [3.63, 3.8) is 0 Å².